The Morgan fingerprint density at radius 2 is 1.82 bits per heavy atom. The van der Waals surface area contributed by atoms with Crippen molar-refractivity contribution in [3.05, 3.63) is 29.8 Å². The second-order valence-corrected chi connectivity index (χ2v) is 4.78. The quantitative estimate of drug-likeness (QED) is 0.754. The Bertz CT molecular complexity index is 394. The predicted octanol–water partition coefficient (Wildman–Crippen LogP) is 2.92. The molecule has 0 saturated heterocycles. The van der Waals surface area contributed by atoms with E-state index in [0.29, 0.717) is 0 Å². The Morgan fingerprint density at radius 1 is 1.24 bits per heavy atom. The molecule has 0 unspecified atom stereocenters. The highest BCUT2D eigenvalue weighted by Crippen LogP contribution is 2.33. The van der Waals surface area contributed by atoms with Crippen molar-refractivity contribution in [1.82, 2.24) is 0 Å². The van der Waals surface area contributed by atoms with Gasteiger partial charge in [-0.25, -0.2) is 0 Å². The number of carbonyl (C=O) groups is 1. The second-order valence-electron chi connectivity index (χ2n) is 4.78. The van der Waals surface area contributed by atoms with Crippen LogP contribution in [0.2, 0.25) is 0 Å². The molecular weight excluding hydrogens is 216 g/mol. The van der Waals surface area contributed by atoms with Gasteiger partial charge in [-0.1, -0.05) is 18.2 Å². The van der Waals surface area contributed by atoms with Crippen molar-refractivity contribution in [3.8, 4) is 5.75 Å². The van der Waals surface area contributed by atoms with Crippen LogP contribution in [0.3, 0.4) is 0 Å². The van der Waals surface area contributed by atoms with Crippen molar-refractivity contribution in [1.29, 1.82) is 0 Å². The summed E-state index contributed by atoms with van der Waals surface area (Å²) in [6, 6.07) is 7.57. The van der Waals surface area contributed by atoms with E-state index in [9.17, 15) is 4.79 Å². The lowest BCUT2D eigenvalue weighted by Crippen LogP contribution is -2.31. The van der Waals surface area contributed by atoms with Crippen LogP contribution in [0.15, 0.2) is 24.3 Å². The number of rotatable bonds is 4. The van der Waals surface area contributed by atoms with Gasteiger partial charge in [-0.3, -0.25) is 4.79 Å². The van der Waals surface area contributed by atoms with Crippen LogP contribution in [0, 0.1) is 0 Å². The molecule has 3 nitrogen and oxygen atoms in total. The number of esters is 1. The SMILES string of the molecule is COC(=O)C(C)(C)c1ccccc1OC(C)C. The number of carbonyl (C=O) groups excluding carboxylic acids is 1. The third kappa shape index (κ3) is 2.99. The molecule has 0 aliphatic rings. The maximum absolute atomic E-state index is 11.8. The minimum absolute atomic E-state index is 0.0737. The molecule has 0 bridgehead atoms. The number of hydrogen-bond donors (Lipinski definition) is 0. The maximum Gasteiger partial charge on any atom is 0.315 e. The van der Waals surface area contributed by atoms with E-state index in [-0.39, 0.29) is 12.1 Å². The molecule has 0 saturated carbocycles. The van der Waals surface area contributed by atoms with Gasteiger partial charge in [0.1, 0.15) is 5.75 Å². The summed E-state index contributed by atoms with van der Waals surface area (Å²) in [6.07, 6.45) is 0.0737. The molecule has 0 aromatic heterocycles. The zero-order valence-electron chi connectivity index (χ0n) is 11.1. The Kier molecular flexibility index (Phi) is 4.16. The first kappa shape index (κ1) is 13.6. The third-order valence-corrected chi connectivity index (χ3v) is 2.62. The van der Waals surface area contributed by atoms with Gasteiger partial charge in [0.2, 0.25) is 0 Å². The van der Waals surface area contributed by atoms with Gasteiger partial charge in [0.15, 0.2) is 0 Å². The Morgan fingerprint density at radius 3 is 2.35 bits per heavy atom. The van der Waals surface area contributed by atoms with Crippen molar-refractivity contribution in [2.45, 2.75) is 39.2 Å². The molecule has 1 aromatic rings. The highest BCUT2D eigenvalue weighted by molar-refractivity contribution is 5.83. The molecule has 17 heavy (non-hydrogen) atoms. The van der Waals surface area contributed by atoms with E-state index in [1.54, 1.807) is 0 Å². The average Bonchev–Trinajstić information content (AvgIpc) is 2.27. The van der Waals surface area contributed by atoms with Crippen molar-refractivity contribution in [2.24, 2.45) is 0 Å². The summed E-state index contributed by atoms with van der Waals surface area (Å²) in [5.41, 5.74) is 0.140. The fourth-order valence-corrected chi connectivity index (χ4v) is 1.70. The number of hydrogen-bond acceptors (Lipinski definition) is 3. The topological polar surface area (TPSA) is 35.5 Å². The Labute approximate surface area is 103 Å². The fourth-order valence-electron chi connectivity index (χ4n) is 1.70. The first-order chi connectivity index (χ1) is 7.89. The van der Waals surface area contributed by atoms with Gasteiger partial charge in [-0.2, -0.15) is 0 Å². The van der Waals surface area contributed by atoms with Crippen LogP contribution >= 0.6 is 0 Å². The maximum atomic E-state index is 11.8. The molecule has 0 heterocycles. The molecule has 0 aliphatic carbocycles. The number of ether oxygens (including phenoxy) is 2. The van der Waals surface area contributed by atoms with Crippen LogP contribution in [-0.4, -0.2) is 19.2 Å². The van der Waals surface area contributed by atoms with E-state index in [2.05, 4.69) is 0 Å². The zero-order valence-corrected chi connectivity index (χ0v) is 11.1. The van der Waals surface area contributed by atoms with Gasteiger partial charge >= 0.3 is 5.97 Å². The summed E-state index contributed by atoms with van der Waals surface area (Å²) < 4.78 is 10.6. The smallest absolute Gasteiger partial charge is 0.315 e. The lowest BCUT2D eigenvalue weighted by atomic mass is 9.84. The normalized spacial score (nSPS) is 11.4. The van der Waals surface area contributed by atoms with Crippen molar-refractivity contribution >= 4 is 5.97 Å². The molecule has 0 spiro atoms. The minimum atomic E-state index is -0.708. The summed E-state index contributed by atoms with van der Waals surface area (Å²) in [6.45, 7) is 7.59. The standard InChI is InChI=1S/C14H20O3/c1-10(2)17-12-9-7-6-8-11(12)14(3,4)13(15)16-5/h6-10H,1-5H3. The van der Waals surface area contributed by atoms with Gasteiger partial charge < -0.3 is 9.47 Å². The zero-order chi connectivity index (χ0) is 13.1. The van der Waals surface area contributed by atoms with Crippen LogP contribution in [0.5, 0.6) is 5.75 Å². The molecule has 1 aromatic carbocycles. The molecule has 0 amide bonds. The molecule has 0 aliphatic heterocycles. The number of benzene rings is 1. The van der Waals surface area contributed by atoms with Crippen molar-refractivity contribution in [2.75, 3.05) is 7.11 Å². The largest absolute Gasteiger partial charge is 0.491 e. The molecule has 94 valence electrons. The van der Waals surface area contributed by atoms with Crippen LogP contribution < -0.4 is 4.74 Å². The highest BCUT2D eigenvalue weighted by Gasteiger charge is 2.33. The lowest BCUT2D eigenvalue weighted by Gasteiger charge is -2.25. The predicted molar refractivity (Wildman–Crippen MR) is 67.2 cm³/mol. The van der Waals surface area contributed by atoms with E-state index in [0.717, 1.165) is 11.3 Å². The van der Waals surface area contributed by atoms with E-state index in [1.807, 2.05) is 52.0 Å². The molecule has 0 atom stereocenters. The third-order valence-electron chi connectivity index (χ3n) is 2.62. The number of para-hydroxylation sites is 1. The molecule has 0 N–H and O–H groups in total. The van der Waals surface area contributed by atoms with Gasteiger partial charge in [0, 0.05) is 5.56 Å². The monoisotopic (exact) mass is 236 g/mol. The van der Waals surface area contributed by atoms with Crippen LogP contribution in [0.4, 0.5) is 0 Å². The minimum Gasteiger partial charge on any atom is -0.491 e. The molecule has 0 fully saturated rings. The van der Waals surface area contributed by atoms with Crippen molar-refractivity contribution < 1.29 is 14.3 Å². The summed E-state index contributed by atoms with van der Waals surface area (Å²) in [7, 11) is 1.40. The summed E-state index contributed by atoms with van der Waals surface area (Å²) in [4.78, 5) is 11.8. The van der Waals surface area contributed by atoms with Gasteiger partial charge in [0.05, 0.1) is 18.6 Å². The van der Waals surface area contributed by atoms with Gasteiger partial charge in [-0.15, -0.1) is 0 Å². The average molecular weight is 236 g/mol. The Balaban J connectivity index is 3.16. The molecular formula is C14H20O3. The van der Waals surface area contributed by atoms with Crippen LogP contribution in [-0.2, 0) is 14.9 Å². The van der Waals surface area contributed by atoms with E-state index in [4.69, 9.17) is 9.47 Å². The van der Waals surface area contributed by atoms with E-state index in [1.165, 1.54) is 7.11 Å². The first-order valence-electron chi connectivity index (χ1n) is 5.74. The number of methoxy groups -OCH3 is 1. The van der Waals surface area contributed by atoms with E-state index >= 15 is 0 Å². The van der Waals surface area contributed by atoms with Crippen molar-refractivity contribution in [3.63, 3.8) is 0 Å². The van der Waals surface area contributed by atoms with Crippen LogP contribution in [0.1, 0.15) is 33.3 Å². The molecule has 3 heteroatoms. The molecule has 1 rings (SSSR count). The van der Waals surface area contributed by atoms with Gasteiger partial charge in [-0.05, 0) is 33.8 Å². The van der Waals surface area contributed by atoms with E-state index < -0.39 is 5.41 Å². The summed E-state index contributed by atoms with van der Waals surface area (Å²) >= 11 is 0. The molecule has 0 radical (unpaired) electrons. The first-order valence-corrected chi connectivity index (χ1v) is 5.74. The fraction of sp³-hybridized carbons (Fsp3) is 0.500. The lowest BCUT2D eigenvalue weighted by molar-refractivity contribution is -0.146. The Hall–Kier alpha value is -1.51. The van der Waals surface area contributed by atoms with Gasteiger partial charge in [0.25, 0.3) is 0 Å². The highest BCUT2D eigenvalue weighted by atomic mass is 16.5. The summed E-state index contributed by atoms with van der Waals surface area (Å²) in [5, 5.41) is 0. The summed E-state index contributed by atoms with van der Waals surface area (Å²) in [5.74, 6) is 0.468. The van der Waals surface area contributed by atoms with Crippen LogP contribution in [0.25, 0.3) is 0 Å². The second kappa shape index (κ2) is 5.21.